The minimum absolute atomic E-state index is 1.03. The van der Waals surface area contributed by atoms with Gasteiger partial charge < -0.3 is 4.90 Å². The first-order valence-electron chi connectivity index (χ1n) is 7.91. The predicted octanol–water partition coefficient (Wildman–Crippen LogP) is 4.39. The molecule has 0 unspecified atom stereocenters. The SMILES string of the molecule is Cc1ccc(C)c(N2CCN(Cc3ccccc3Br)CC2)c1. The van der Waals surface area contributed by atoms with Crippen LogP contribution in [0.25, 0.3) is 0 Å². The van der Waals surface area contributed by atoms with E-state index in [1.54, 1.807) is 0 Å². The third kappa shape index (κ3) is 3.53. The zero-order valence-electron chi connectivity index (χ0n) is 13.3. The van der Waals surface area contributed by atoms with Crippen LogP contribution in [-0.2, 0) is 6.54 Å². The zero-order chi connectivity index (χ0) is 15.5. The largest absolute Gasteiger partial charge is 0.369 e. The molecule has 0 spiro atoms. The molecular weight excluding hydrogens is 336 g/mol. The maximum atomic E-state index is 3.65. The van der Waals surface area contributed by atoms with Crippen LogP contribution in [0, 0.1) is 13.8 Å². The first-order valence-corrected chi connectivity index (χ1v) is 8.71. The van der Waals surface area contributed by atoms with Gasteiger partial charge in [0.05, 0.1) is 0 Å². The number of piperazine rings is 1. The summed E-state index contributed by atoms with van der Waals surface area (Å²) < 4.78 is 1.21. The molecule has 3 heteroatoms. The highest BCUT2D eigenvalue weighted by Crippen LogP contribution is 2.24. The molecule has 1 saturated heterocycles. The zero-order valence-corrected chi connectivity index (χ0v) is 14.9. The van der Waals surface area contributed by atoms with Gasteiger partial charge >= 0.3 is 0 Å². The van der Waals surface area contributed by atoms with Crippen molar-refractivity contribution in [2.24, 2.45) is 0 Å². The molecule has 0 N–H and O–H groups in total. The van der Waals surface area contributed by atoms with Crippen molar-refractivity contribution in [1.29, 1.82) is 0 Å². The molecule has 1 heterocycles. The number of aryl methyl sites for hydroxylation is 2. The highest BCUT2D eigenvalue weighted by Gasteiger charge is 2.19. The smallest absolute Gasteiger partial charge is 0.0399 e. The van der Waals surface area contributed by atoms with Crippen LogP contribution in [0.3, 0.4) is 0 Å². The molecule has 1 fully saturated rings. The molecule has 0 aromatic heterocycles. The van der Waals surface area contributed by atoms with Crippen LogP contribution in [0.5, 0.6) is 0 Å². The lowest BCUT2D eigenvalue weighted by Crippen LogP contribution is -2.46. The van der Waals surface area contributed by atoms with Crippen molar-refractivity contribution in [2.75, 3.05) is 31.1 Å². The molecule has 1 aliphatic rings. The van der Waals surface area contributed by atoms with E-state index >= 15 is 0 Å². The van der Waals surface area contributed by atoms with Crippen molar-refractivity contribution >= 4 is 21.6 Å². The average Bonchev–Trinajstić information content (AvgIpc) is 2.53. The maximum absolute atomic E-state index is 3.65. The number of nitrogens with zero attached hydrogens (tertiary/aromatic N) is 2. The molecule has 0 atom stereocenters. The quantitative estimate of drug-likeness (QED) is 0.802. The van der Waals surface area contributed by atoms with Gasteiger partial charge in [-0.05, 0) is 42.7 Å². The van der Waals surface area contributed by atoms with E-state index in [0.717, 1.165) is 32.7 Å². The number of halogens is 1. The van der Waals surface area contributed by atoms with Gasteiger partial charge in [0.15, 0.2) is 0 Å². The Hall–Kier alpha value is -1.32. The molecule has 2 nitrogen and oxygen atoms in total. The van der Waals surface area contributed by atoms with Crippen LogP contribution in [-0.4, -0.2) is 31.1 Å². The predicted molar refractivity (Wildman–Crippen MR) is 97.5 cm³/mol. The van der Waals surface area contributed by atoms with Crippen molar-refractivity contribution in [1.82, 2.24) is 4.90 Å². The molecule has 116 valence electrons. The lowest BCUT2D eigenvalue weighted by molar-refractivity contribution is 0.249. The molecule has 0 radical (unpaired) electrons. The number of rotatable bonds is 3. The van der Waals surface area contributed by atoms with E-state index in [-0.39, 0.29) is 0 Å². The van der Waals surface area contributed by atoms with Crippen molar-refractivity contribution < 1.29 is 0 Å². The third-order valence-corrected chi connectivity index (χ3v) is 5.20. The summed E-state index contributed by atoms with van der Waals surface area (Å²) in [6, 6.07) is 15.3. The summed E-state index contributed by atoms with van der Waals surface area (Å²) in [6.07, 6.45) is 0. The highest BCUT2D eigenvalue weighted by molar-refractivity contribution is 9.10. The lowest BCUT2D eigenvalue weighted by Gasteiger charge is -2.37. The summed E-state index contributed by atoms with van der Waals surface area (Å²) in [5.74, 6) is 0. The Balaban J connectivity index is 1.63. The van der Waals surface area contributed by atoms with Gasteiger partial charge in [0.25, 0.3) is 0 Å². The Labute approximate surface area is 141 Å². The Morgan fingerprint density at radius 1 is 0.955 bits per heavy atom. The van der Waals surface area contributed by atoms with Crippen LogP contribution < -0.4 is 4.90 Å². The second kappa shape index (κ2) is 6.84. The first-order chi connectivity index (χ1) is 10.6. The van der Waals surface area contributed by atoms with Crippen molar-refractivity contribution in [3.8, 4) is 0 Å². The van der Waals surface area contributed by atoms with Gasteiger partial charge in [-0.3, -0.25) is 4.90 Å². The van der Waals surface area contributed by atoms with Crippen molar-refractivity contribution in [3.05, 3.63) is 63.6 Å². The van der Waals surface area contributed by atoms with Crippen LogP contribution >= 0.6 is 15.9 Å². The number of hydrogen-bond acceptors (Lipinski definition) is 2. The standard InChI is InChI=1S/C19H23BrN2/c1-15-7-8-16(2)19(13-15)22-11-9-21(10-12-22)14-17-5-3-4-6-18(17)20/h3-8,13H,9-12,14H2,1-2H3. The summed E-state index contributed by atoms with van der Waals surface area (Å²) >= 11 is 3.65. The lowest BCUT2D eigenvalue weighted by atomic mass is 10.1. The Morgan fingerprint density at radius 2 is 1.68 bits per heavy atom. The second-order valence-electron chi connectivity index (χ2n) is 6.14. The summed E-state index contributed by atoms with van der Waals surface area (Å²) in [6.45, 7) is 9.86. The van der Waals surface area contributed by atoms with E-state index in [2.05, 4.69) is 82.0 Å². The number of hydrogen-bond donors (Lipinski definition) is 0. The molecule has 2 aromatic rings. The van der Waals surface area contributed by atoms with Crippen LogP contribution in [0.2, 0.25) is 0 Å². The summed E-state index contributed by atoms with van der Waals surface area (Å²) in [4.78, 5) is 5.07. The molecule has 2 aromatic carbocycles. The fraction of sp³-hybridized carbons (Fsp3) is 0.368. The fourth-order valence-corrected chi connectivity index (χ4v) is 3.48. The van der Waals surface area contributed by atoms with Crippen LogP contribution in [0.15, 0.2) is 46.9 Å². The molecule has 0 saturated carbocycles. The van der Waals surface area contributed by atoms with Crippen molar-refractivity contribution in [3.63, 3.8) is 0 Å². The highest BCUT2D eigenvalue weighted by atomic mass is 79.9. The normalized spacial score (nSPS) is 16.0. The summed E-state index contributed by atoms with van der Waals surface area (Å²) in [5, 5.41) is 0. The molecule has 22 heavy (non-hydrogen) atoms. The molecule has 1 aliphatic heterocycles. The summed E-state index contributed by atoms with van der Waals surface area (Å²) in [5.41, 5.74) is 5.50. The minimum atomic E-state index is 1.03. The van der Waals surface area contributed by atoms with E-state index in [1.165, 1.54) is 26.9 Å². The van der Waals surface area contributed by atoms with Crippen molar-refractivity contribution in [2.45, 2.75) is 20.4 Å². The Bertz CT molecular complexity index is 646. The van der Waals surface area contributed by atoms with E-state index in [0.29, 0.717) is 0 Å². The van der Waals surface area contributed by atoms with Crippen LogP contribution in [0.1, 0.15) is 16.7 Å². The van der Waals surface area contributed by atoms with E-state index in [4.69, 9.17) is 0 Å². The van der Waals surface area contributed by atoms with Crippen LogP contribution in [0.4, 0.5) is 5.69 Å². The third-order valence-electron chi connectivity index (χ3n) is 4.43. The molecular formula is C19H23BrN2. The van der Waals surface area contributed by atoms with Gasteiger partial charge in [-0.15, -0.1) is 0 Å². The first kappa shape index (κ1) is 15.6. The van der Waals surface area contributed by atoms with E-state index < -0.39 is 0 Å². The fourth-order valence-electron chi connectivity index (χ4n) is 3.07. The number of anilines is 1. The van der Waals surface area contributed by atoms with Gasteiger partial charge in [-0.25, -0.2) is 0 Å². The molecule has 3 rings (SSSR count). The summed E-state index contributed by atoms with van der Waals surface area (Å²) in [7, 11) is 0. The Morgan fingerprint density at radius 3 is 2.41 bits per heavy atom. The topological polar surface area (TPSA) is 6.48 Å². The van der Waals surface area contributed by atoms with Gasteiger partial charge in [-0.1, -0.05) is 46.3 Å². The monoisotopic (exact) mass is 358 g/mol. The van der Waals surface area contributed by atoms with Gasteiger partial charge in [0.2, 0.25) is 0 Å². The van der Waals surface area contributed by atoms with Gasteiger partial charge in [-0.2, -0.15) is 0 Å². The molecule has 0 aliphatic carbocycles. The second-order valence-corrected chi connectivity index (χ2v) is 7.00. The number of benzene rings is 2. The maximum Gasteiger partial charge on any atom is 0.0399 e. The van der Waals surface area contributed by atoms with Gasteiger partial charge in [0, 0.05) is 42.9 Å². The van der Waals surface area contributed by atoms with E-state index in [9.17, 15) is 0 Å². The molecule has 0 bridgehead atoms. The Kier molecular flexibility index (Phi) is 4.84. The minimum Gasteiger partial charge on any atom is -0.369 e. The van der Waals surface area contributed by atoms with Gasteiger partial charge in [0.1, 0.15) is 0 Å². The van der Waals surface area contributed by atoms with E-state index in [1.807, 2.05) is 0 Å². The molecule has 0 amide bonds. The average molecular weight is 359 g/mol.